The van der Waals surface area contributed by atoms with Gasteiger partial charge in [0.2, 0.25) is 0 Å². The van der Waals surface area contributed by atoms with E-state index < -0.39 is 0 Å². The van der Waals surface area contributed by atoms with Gasteiger partial charge in [0.1, 0.15) is 16.5 Å². The molecule has 0 bridgehead atoms. The van der Waals surface area contributed by atoms with Crippen molar-refractivity contribution in [2.45, 2.75) is 6.92 Å². The smallest absolute Gasteiger partial charge is 0.128 e. The maximum Gasteiger partial charge on any atom is 0.128 e. The van der Waals surface area contributed by atoms with Gasteiger partial charge < -0.3 is 10.5 Å². The number of thiocarbonyl (C=S) groups is 1. The zero-order chi connectivity index (χ0) is 14.0. The zero-order valence-electron chi connectivity index (χ0n) is 10.1. The highest BCUT2D eigenvalue weighted by atomic mass is 79.9. The maximum absolute atomic E-state index is 5.79. The number of hydrogen-bond acceptors (Lipinski definition) is 2. The van der Waals surface area contributed by atoms with Crippen LogP contribution in [0.4, 0.5) is 0 Å². The molecule has 2 nitrogen and oxygen atoms in total. The van der Waals surface area contributed by atoms with Crippen LogP contribution in [0.2, 0.25) is 0 Å². The molecule has 0 fully saturated rings. The van der Waals surface area contributed by atoms with Crippen molar-refractivity contribution in [2.75, 3.05) is 0 Å². The second kappa shape index (κ2) is 6.03. The van der Waals surface area contributed by atoms with E-state index in [-0.39, 0.29) is 0 Å². The fourth-order valence-corrected chi connectivity index (χ4v) is 2.70. The number of hydrogen-bond donors (Lipinski definition) is 1. The van der Waals surface area contributed by atoms with Gasteiger partial charge in [-0.1, -0.05) is 28.1 Å². The summed E-state index contributed by atoms with van der Waals surface area (Å²) in [5.41, 5.74) is 7.53. The summed E-state index contributed by atoms with van der Waals surface area (Å²) in [6.45, 7) is 2.02. The van der Waals surface area contributed by atoms with Crippen molar-refractivity contribution in [3.05, 3.63) is 56.5 Å². The first-order chi connectivity index (χ1) is 8.97. The summed E-state index contributed by atoms with van der Waals surface area (Å²) in [5.74, 6) is 1.52. The van der Waals surface area contributed by atoms with Gasteiger partial charge in [0.15, 0.2) is 0 Å². The first-order valence-corrected chi connectivity index (χ1v) is 7.50. The largest absolute Gasteiger partial charge is 0.457 e. The Morgan fingerprint density at radius 1 is 1.05 bits per heavy atom. The summed E-state index contributed by atoms with van der Waals surface area (Å²) >= 11 is 11.8. The Bertz CT molecular complexity index is 643. The molecule has 5 heteroatoms. The summed E-state index contributed by atoms with van der Waals surface area (Å²) in [5, 5.41) is 0. The predicted molar refractivity (Wildman–Crippen MR) is 89.0 cm³/mol. The van der Waals surface area contributed by atoms with Gasteiger partial charge >= 0.3 is 0 Å². The monoisotopic (exact) mass is 399 g/mol. The highest BCUT2D eigenvalue weighted by molar-refractivity contribution is 9.10. The van der Waals surface area contributed by atoms with Crippen LogP contribution in [0.5, 0.6) is 11.5 Å². The topological polar surface area (TPSA) is 35.2 Å². The molecule has 0 atom stereocenters. The van der Waals surface area contributed by atoms with Crippen molar-refractivity contribution in [1.29, 1.82) is 0 Å². The van der Waals surface area contributed by atoms with Crippen molar-refractivity contribution < 1.29 is 4.74 Å². The van der Waals surface area contributed by atoms with Crippen LogP contribution < -0.4 is 10.5 Å². The Morgan fingerprint density at radius 2 is 1.68 bits per heavy atom. The highest BCUT2D eigenvalue weighted by Crippen LogP contribution is 2.29. The summed E-state index contributed by atoms with van der Waals surface area (Å²) < 4.78 is 7.68. The molecule has 0 heterocycles. The van der Waals surface area contributed by atoms with Gasteiger partial charge in [0.05, 0.1) is 0 Å². The third kappa shape index (κ3) is 3.55. The van der Waals surface area contributed by atoms with E-state index in [1.54, 1.807) is 0 Å². The average molecular weight is 401 g/mol. The number of aryl methyl sites for hydroxylation is 1. The number of benzene rings is 2. The Labute approximate surface area is 134 Å². The summed E-state index contributed by atoms with van der Waals surface area (Å²) in [6.07, 6.45) is 0. The molecule has 2 aromatic rings. The van der Waals surface area contributed by atoms with Crippen molar-refractivity contribution in [3.63, 3.8) is 0 Å². The molecular formula is C14H11Br2NOS. The van der Waals surface area contributed by atoms with E-state index in [2.05, 4.69) is 31.9 Å². The van der Waals surface area contributed by atoms with Crippen molar-refractivity contribution in [2.24, 2.45) is 5.73 Å². The molecule has 0 saturated heterocycles. The SMILES string of the molecule is Cc1cc(Oc2ccc(C(N)=S)c(Br)c2)ccc1Br. The lowest BCUT2D eigenvalue weighted by Gasteiger charge is -2.09. The Morgan fingerprint density at radius 3 is 2.26 bits per heavy atom. The van der Waals surface area contributed by atoms with Crippen LogP contribution in [0.15, 0.2) is 45.3 Å². The molecule has 98 valence electrons. The first kappa shape index (κ1) is 14.5. The second-order valence-electron chi connectivity index (χ2n) is 4.02. The Kier molecular flexibility index (Phi) is 4.60. The number of nitrogens with two attached hydrogens (primary N) is 1. The van der Waals surface area contributed by atoms with Crippen LogP contribution in [-0.4, -0.2) is 4.99 Å². The molecule has 0 aliphatic rings. The molecule has 0 amide bonds. The molecule has 2 aromatic carbocycles. The number of rotatable bonds is 3. The second-order valence-corrected chi connectivity index (χ2v) is 6.17. The van der Waals surface area contributed by atoms with E-state index in [4.69, 9.17) is 22.7 Å². The molecule has 0 radical (unpaired) electrons. The van der Waals surface area contributed by atoms with Gasteiger partial charge in [-0.05, 0) is 64.8 Å². The fraction of sp³-hybridized carbons (Fsp3) is 0.0714. The van der Waals surface area contributed by atoms with Crippen LogP contribution in [0.1, 0.15) is 11.1 Å². The first-order valence-electron chi connectivity index (χ1n) is 5.51. The Balaban J connectivity index is 2.26. The lowest BCUT2D eigenvalue weighted by Crippen LogP contribution is -2.09. The third-order valence-corrected chi connectivity index (χ3v) is 4.34. The van der Waals surface area contributed by atoms with Crippen molar-refractivity contribution >= 4 is 49.1 Å². The fourth-order valence-electron chi connectivity index (χ4n) is 1.58. The van der Waals surface area contributed by atoms with E-state index in [9.17, 15) is 0 Å². The van der Waals surface area contributed by atoms with E-state index in [0.29, 0.717) is 4.99 Å². The third-order valence-electron chi connectivity index (χ3n) is 2.57. The summed E-state index contributed by atoms with van der Waals surface area (Å²) in [4.78, 5) is 0.359. The molecule has 0 spiro atoms. The van der Waals surface area contributed by atoms with E-state index in [1.807, 2.05) is 43.3 Å². The van der Waals surface area contributed by atoms with Crippen molar-refractivity contribution in [1.82, 2.24) is 0 Å². The van der Waals surface area contributed by atoms with E-state index >= 15 is 0 Å². The zero-order valence-corrected chi connectivity index (χ0v) is 14.1. The molecule has 0 aromatic heterocycles. The van der Waals surface area contributed by atoms with Crippen LogP contribution in [0.25, 0.3) is 0 Å². The summed E-state index contributed by atoms with van der Waals surface area (Å²) in [7, 11) is 0. The van der Waals surface area contributed by atoms with Crippen LogP contribution in [-0.2, 0) is 0 Å². The standard InChI is InChI=1S/C14H11Br2NOS/c1-8-6-9(3-5-12(8)15)18-10-2-4-11(14(17)19)13(16)7-10/h2-7H,1H3,(H2,17,19). The molecule has 19 heavy (non-hydrogen) atoms. The molecule has 0 saturated carbocycles. The Hall–Kier alpha value is -0.910. The quantitative estimate of drug-likeness (QED) is 0.740. The van der Waals surface area contributed by atoms with Crippen LogP contribution in [0, 0.1) is 6.92 Å². The van der Waals surface area contributed by atoms with Gasteiger partial charge in [-0.25, -0.2) is 0 Å². The number of ether oxygens (including phenoxy) is 1. The molecule has 0 aliphatic heterocycles. The highest BCUT2D eigenvalue weighted by Gasteiger charge is 2.06. The molecular weight excluding hydrogens is 390 g/mol. The van der Waals surface area contributed by atoms with E-state index in [0.717, 1.165) is 31.6 Å². The van der Waals surface area contributed by atoms with Crippen LogP contribution >= 0.6 is 44.1 Å². The van der Waals surface area contributed by atoms with Crippen LogP contribution in [0.3, 0.4) is 0 Å². The predicted octanol–water partition coefficient (Wildman–Crippen LogP) is 4.95. The molecule has 0 aliphatic carbocycles. The van der Waals surface area contributed by atoms with Gasteiger partial charge in [0, 0.05) is 14.5 Å². The molecule has 2 N–H and O–H groups in total. The number of halogens is 2. The summed E-state index contributed by atoms with van der Waals surface area (Å²) in [6, 6.07) is 11.4. The van der Waals surface area contributed by atoms with Gasteiger partial charge in [-0.2, -0.15) is 0 Å². The molecule has 2 rings (SSSR count). The van der Waals surface area contributed by atoms with Gasteiger partial charge in [-0.15, -0.1) is 0 Å². The van der Waals surface area contributed by atoms with Crippen molar-refractivity contribution in [3.8, 4) is 11.5 Å². The molecule has 0 unspecified atom stereocenters. The minimum absolute atomic E-state index is 0.359. The minimum atomic E-state index is 0.359. The normalized spacial score (nSPS) is 10.3. The minimum Gasteiger partial charge on any atom is -0.457 e. The van der Waals surface area contributed by atoms with E-state index in [1.165, 1.54) is 0 Å². The maximum atomic E-state index is 5.79. The lowest BCUT2D eigenvalue weighted by molar-refractivity contribution is 0.482. The van der Waals surface area contributed by atoms with Gasteiger partial charge in [-0.3, -0.25) is 0 Å². The average Bonchev–Trinajstić information content (AvgIpc) is 2.33. The van der Waals surface area contributed by atoms with Gasteiger partial charge in [0.25, 0.3) is 0 Å². The lowest BCUT2D eigenvalue weighted by atomic mass is 10.2.